The summed E-state index contributed by atoms with van der Waals surface area (Å²) in [5.74, 6) is 0.219. The highest BCUT2D eigenvalue weighted by Crippen LogP contribution is 2.35. The molecule has 2 nitrogen and oxygen atoms in total. The van der Waals surface area contributed by atoms with Gasteiger partial charge < -0.3 is 4.90 Å². The fourth-order valence-corrected chi connectivity index (χ4v) is 1.85. The molecule has 0 bridgehead atoms. The van der Waals surface area contributed by atoms with E-state index in [0.717, 1.165) is 5.69 Å². The van der Waals surface area contributed by atoms with Crippen LogP contribution in [0.4, 0.5) is 5.69 Å². The van der Waals surface area contributed by atoms with Crippen LogP contribution in [0.25, 0.3) is 0 Å². The molecule has 1 fully saturated rings. The van der Waals surface area contributed by atoms with Crippen LogP contribution in [0.15, 0.2) is 30.3 Å². The first-order valence-electron chi connectivity index (χ1n) is 4.49. The van der Waals surface area contributed by atoms with Gasteiger partial charge in [-0.15, -0.1) is 0 Å². The summed E-state index contributed by atoms with van der Waals surface area (Å²) in [6.07, 6.45) is 0.655. The van der Waals surface area contributed by atoms with Gasteiger partial charge in [0.2, 0.25) is 5.91 Å². The molecule has 1 aromatic rings. The fourth-order valence-electron chi connectivity index (χ4n) is 1.85. The summed E-state index contributed by atoms with van der Waals surface area (Å²) < 4.78 is 0. The van der Waals surface area contributed by atoms with E-state index in [4.69, 9.17) is 0 Å². The lowest BCUT2D eigenvalue weighted by molar-refractivity contribution is -0.126. The van der Waals surface area contributed by atoms with Crippen molar-refractivity contribution in [3.8, 4) is 0 Å². The zero-order chi connectivity index (χ0) is 9.47. The van der Waals surface area contributed by atoms with Crippen molar-refractivity contribution < 1.29 is 4.79 Å². The van der Waals surface area contributed by atoms with E-state index in [0.29, 0.717) is 6.42 Å². The smallest absolute Gasteiger partial charge is 0.229 e. The Hall–Kier alpha value is -1.31. The summed E-state index contributed by atoms with van der Waals surface area (Å²) in [5, 5.41) is 0. The minimum Gasteiger partial charge on any atom is -0.306 e. The normalized spacial score (nSPS) is 19.8. The lowest BCUT2D eigenvalue weighted by Gasteiger charge is -2.47. The zero-order valence-electron chi connectivity index (χ0n) is 7.95. The van der Waals surface area contributed by atoms with Crippen LogP contribution in [-0.2, 0) is 4.79 Å². The van der Waals surface area contributed by atoms with Gasteiger partial charge >= 0.3 is 0 Å². The Morgan fingerprint density at radius 1 is 1.23 bits per heavy atom. The van der Waals surface area contributed by atoms with Crippen LogP contribution in [0, 0.1) is 0 Å². The van der Waals surface area contributed by atoms with Crippen molar-refractivity contribution in [2.75, 3.05) is 4.90 Å². The maximum Gasteiger partial charge on any atom is 0.229 e. The van der Waals surface area contributed by atoms with Crippen molar-refractivity contribution in [2.24, 2.45) is 0 Å². The Labute approximate surface area is 78.2 Å². The second kappa shape index (κ2) is 2.59. The monoisotopic (exact) mass is 175 g/mol. The minimum absolute atomic E-state index is 0.00155. The fraction of sp³-hybridized carbons (Fsp3) is 0.364. The Morgan fingerprint density at radius 2 is 1.85 bits per heavy atom. The topological polar surface area (TPSA) is 20.3 Å². The summed E-state index contributed by atoms with van der Waals surface area (Å²) in [6.45, 7) is 4.17. The molecule has 13 heavy (non-hydrogen) atoms. The summed E-state index contributed by atoms with van der Waals surface area (Å²) in [5.41, 5.74) is 1.00. The second-order valence-corrected chi connectivity index (χ2v) is 4.05. The van der Waals surface area contributed by atoms with E-state index in [1.807, 2.05) is 35.2 Å². The van der Waals surface area contributed by atoms with Crippen molar-refractivity contribution in [3.05, 3.63) is 30.3 Å². The number of amides is 1. The molecule has 1 aliphatic heterocycles. The van der Waals surface area contributed by atoms with Crippen LogP contribution in [0.5, 0.6) is 0 Å². The maximum atomic E-state index is 11.4. The van der Waals surface area contributed by atoms with Crippen molar-refractivity contribution in [2.45, 2.75) is 25.8 Å². The number of carbonyl (C=O) groups is 1. The van der Waals surface area contributed by atoms with Crippen LogP contribution in [0.3, 0.4) is 0 Å². The minimum atomic E-state index is -0.00155. The molecule has 1 heterocycles. The van der Waals surface area contributed by atoms with Crippen molar-refractivity contribution in [1.29, 1.82) is 0 Å². The first-order chi connectivity index (χ1) is 6.11. The Bertz CT molecular complexity index is 329. The SMILES string of the molecule is CC1(C)CC(=O)N1c1ccccc1. The molecule has 2 rings (SSSR count). The summed E-state index contributed by atoms with van der Waals surface area (Å²) in [6, 6.07) is 9.81. The molecule has 0 atom stereocenters. The molecule has 0 radical (unpaired) electrons. The van der Waals surface area contributed by atoms with Gasteiger partial charge in [-0.2, -0.15) is 0 Å². The lowest BCUT2D eigenvalue weighted by Crippen LogP contribution is -2.60. The quantitative estimate of drug-likeness (QED) is 0.599. The van der Waals surface area contributed by atoms with Crippen molar-refractivity contribution >= 4 is 11.6 Å². The van der Waals surface area contributed by atoms with Gasteiger partial charge in [-0.25, -0.2) is 0 Å². The van der Waals surface area contributed by atoms with Gasteiger partial charge in [-0.05, 0) is 26.0 Å². The summed E-state index contributed by atoms with van der Waals surface area (Å²) in [4.78, 5) is 13.2. The van der Waals surface area contributed by atoms with E-state index in [9.17, 15) is 4.79 Å². The van der Waals surface area contributed by atoms with Crippen LogP contribution >= 0.6 is 0 Å². The average Bonchev–Trinajstić information content (AvgIpc) is 2.04. The summed E-state index contributed by atoms with van der Waals surface area (Å²) >= 11 is 0. The number of para-hydroxylation sites is 1. The van der Waals surface area contributed by atoms with E-state index in [-0.39, 0.29) is 11.4 Å². The van der Waals surface area contributed by atoms with Crippen molar-refractivity contribution in [3.63, 3.8) is 0 Å². The number of hydrogen-bond donors (Lipinski definition) is 0. The molecule has 0 spiro atoms. The number of β-lactam (4-membered cyclic amide) rings is 1. The largest absolute Gasteiger partial charge is 0.306 e. The van der Waals surface area contributed by atoms with Gasteiger partial charge in [-0.3, -0.25) is 4.79 Å². The van der Waals surface area contributed by atoms with Gasteiger partial charge in [-0.1, -0.05) is 18.2 Å². The molecule has 68 valence electrons. The number of anilines is 1. The standard InChI is InChI=1S/C11H13NO/c1-11(2)8-10(13)12(11)9-6-4-3-5-7-9/h3-7H,8H2,1-2H3. The first-order valence-corrected chi connectivity index (χ1v) is 4.49. The predicted octanol–water partition coefficient (Wildman–Crippen LogP) is 2.20. The highest BCUT2D eigenvalue weighted by Gasteiger charge is 2.43. The molecular formula is C11H13NO. The molecule has 1 aromatic carbocycles. The van der Waals surface area contributed by atoms with Gasteiger partial charge in [0.05, 0.1) is 12.0 Å². The number of carbonyl (C=O) groups excluding carboxylic acids is 1. The van der Waals surface area contributed by atoms with Gasteiger partial charge in [0, 0.05) is 5.69 Å². The molecule has 0 unspecified atom stereocenters. The van der Waals surface area contributed by atoms with E-state index in [2.05, 4.69) is 13.8 Å². The predicted molar refractivity (Wildman–Crippen MR) is 52.6 cm³/mol. The average molecular weight is 175 g/mol. The summed E-state index contributed by atoms with van der Waals surface area (Å²) in [7, 11) is 0. The third-order valence-corrected chi connectivity index (χ3v) is 2.45. The third kappa shape index (κ3) is 1.22. The Kier molecular flexibility index (Phi) is 1.65. The van der Waals surface area contributed by atoms with E-state index < -0.39 is 0 Å². The molecule has 1 aliphatic rings. The number of nitrogens with zero attached hydrogens (tertiary/aromatic N) is 1. The second-order valence-electron chi connectivity index (χ2n) is 4.05. The van der Waals surface area contributed by atoms with Crippen LogP contribution in [0.1, 0.15) is 20.3 Å². The molecule has 1 amide bonds. The Balaban J connectivity index is 2.32. The Morgan fingerprint density at radius 3 is 2.31 bits per heavy atom. The third-order valence-electron chi connectivity index (χ3n) is 2.45. The van der Waals surface area contributed by atoms with Gasteiger partial charge in [0.25, 0.3) is 0 Å². The van der Waals surface area contributed by atoms with Gasteiger partial charge in [0.15, 0.2) is 0 Å². The number of benzene rings is 1. The molecule has 1 saturated heterocycles. The molecule has 0 aromatic heterocycles. The highest BCUT2D eigenvalue weighted by molar-refractivity contribution is 6.02. The molecule has 2 heteroatoms. The highest BCUT2D eigenvalue weighted by atomic mass is 16.2. The van der Waals surface area contributed by atoms with E-state index in [1.54, 1.807) is 0 Å². The van der Waals surface area contributed by atoms with Gasteiger partial charge in [0.1, 0.15) is 0 Å². The molecular weight excluding hydrogens is 162 g/mol. The van der Waals surface area contributed by atoms with Crippen LogP contribution < -0.4 is 4.90 Å². The first kappa shape index (κ1) is 8.30. The molecule has 0 aliphatic carbocycles. The van der Waals surface area contributed by atoms with E-state index >= 15 is 0 Å². The molecule has 0 N–H and O–H groups in total. The maximum absolute atomic E-state index is 11.4. The van der Waals surface area contributed by atoms with E-state index in [1.165, 1.54) is 0 Å². The van der Waals surface area contributed by atoms with Crippen molar-refractivity contribution in [1.82, 2.24) is 0 Å². The van der Waals surface area contributed by atoms with Crippen LogP contribution in [0.2, 0.25) is 0 Å². The lowest BCUT2D eigenvalue weighted by atomic mass is 9.87. The number of rotatable bonds is 1. The zero-order valence-corrected chi connectivity index (χ0v) is 7.95. The number of hydrogen-bond acceptors (Lipinski definition) is 1. The van der Waals surface area contributed by atoms with Crippen LogP contribution in [-0.4, -0.2) is 11.4 Å². The molecule has 0 saturated carbocycles.